The number of hydrogen-bond acceptors (Lipinski definition) is 5. The van der Waals surface area contributed by atoms with Gasteiger partial charge in [0.2, 0.25) is 11.8 Å². The Bertz CT molecular complexity index is 1000. The smallest absolute Gasteiger partial charge is 0.378 e. The zero-order valence-corrected chi connectivity index (χ0v) is 19.3. The molecule has 1 N–H and O–H groups in total. The van der Waals surface area contributed by atoms with Crippen molar-refractivity contribution < 1.29 is 27.5 Å². The van der Waals surface area contributed by atoms with Gasteiger partial charge in [-0.05, 0) is 17.7 Å². The number of piperazine rings is 1. The molecule has 0 spiro atoms. The third-order valence-electron chi connectivity index (χ3n) is 6.32. The zero-order chi connectivity index (χ0) is 24.8. The van der Waals surface area contributed by atoms with Crippen LogP contribution in [0.2, 0.25) is 0 Å². The van der Waals surface area contributed by atoms with Crippen molar-refractivity contribution in [2.75, 3.05) is 64.3 Å². The van der Waals surface area contributed by atoms with Crippen molar-refractivity contribution in [1.82, 2.24) is 14.7 Å². The van der Waals surface area contributed by atoms with Crippen LogP contribution < -0.4 is 5.32 Å². The molecule has 4 rings (SSSR count). The Morgan fingerprint density at radius 2 is 1.51 bits per heavy atom. The lowest BCUT2D eigenvalue weighted by Crippen LogP contribution is -2.53. The summed E-state index contributed by atoms with van der Waals surface area (Å²) in [6.07, 6.45) is -4.55. The highest BCUT2D eigenvalue weighted by atomic mass is 19.4. The first-order chi connectivity index (χ1) is 16.8. The molecule has 2 aliphatic rings. The number of nitrogens with zero attached hydrogens (tertiary/aromatic N) is 3. The predicted molar refractivity (Wildman–Crippen MR) is 125 cm³/mol. The highest BCUT2D eigenvalue weighted by molar-refractivity contribution is 5.93. The minimum Gasteiger partial charge on any atom is -0.378 e. The Morgan fingerprint density at radius 1 is 0.886 bits per heavy atom. The van der Waals surface area contributed by atoms with Gasteiger partial charge in [-0.3, -0.25) is 19.4 Å². The van der Waals surface area contributed by atoms with Gasteiger partial charge in [0.05, 0.1) is 31.0 Å². The molecule has 0 unspecified atom stereocenters. The summed E-state index contributed by atoms with van der Waals surface area (Å²) in [5.74, 6) is -0.464. The number of para-hydroxylation sites is 1. The molecule has 2 fully saturated rings. The fourth-order valence-corrected chi connectivity index (χ4v) is 4.51. The summed E-state index contributed by atoms with van der Waals surface area (Å²) in [4.78, 5) is 31.8. The molecule has 2 aromatic rings. The molecule has 2 saturated heterocycles. The van der Waals surface area contributed by atoms with Crippen LogP contribution >= 0.6 is 0 Å². The zero-order valence-electron chi connectivity index (χ0n) is 19.3. The van der Waals surface area contributed by atoms with E-state index in [4.69, 9.17) is 4.74 Å². The van der Waals surface area contributed by atoms with Gasteiger partial charge in [0.1, 0.15) is 6.04 Å². The number of carbonyl (C=O) groups is 2. The third kappa shape index (κ3) is 6.39. The second kappa shape index (κ2) is 11.2. The number of anilines is 1. The average molecular weight is 491 g/mol. The minimum absolute atomic E-state index is 0.0204. The van der Waals surface area contributed by atoms with E-state index in [1.54, 1.807) is 0 Å². The van der Waals surface area contributed by atoms with Gasteiger partial charge in [0, 0.05) is 39.3 Å². The van der Waals surface area contributed by atoms with Gasteiger partial charge in [-0.1, -0.05) is 42.5 Å². The molecule has 2 amide bonds. The normalized spacial score (nSPS) is 18.8. The van der Waals surface area contributed by atoms with E-state index < -0.39 is 23.7 Å². The Balaban J connectivity index is 1.37. The van der Waals surface area contributed by atoms with E-state index in [0.29, 0.717) is 52.5 Å². The lowest BCUT2D eigenvalue weighted by molar-refractivity contribution is -0.142. The summed E-state index contributed by atoms with van der Waals surface area (Å²) in [6, 6.07) is 14.1. The monoisotopic (exact) mass is 490 g/mol. The molecule has 2 heterocycles. The van der Waals surface area contributed by atoms with Crippen LogP contribution in [0.15, 0.2) is 54.6 Å². The van der Waals surface area contributed by atoms with Gasteiger partial charge >= 0.3 is 6.18 Å². The highest BCUT2D eigenvalue weighted by Crippen LogP contribution is 2.34. The van der Waals surface area contributed by atoms with Crippen molar-refractivity contribution in [2.45, 2.75) is 12.2 Å². The standard InChI is InChI=1S/C25H29F3N4O3/c26-25(27,28)20-8-4-5-9-21(20)29-22(33)18-30-10-12-31(13-11-30)23(19-6-2-1-3-7-19)24(34)32-14-16-35-17-15-32/h1-9,23H,10-18H2,(H,29,33)/t23-/m1/s1. The van der Waals surface area contributed by atoms with Crippen LogP contribution in [0, 0.1) is 0 Å². The van der Waals surface area contributed by atoms with E-state index in [2.05, 4.69) is 10.2 Å². The Hall–Kier alpha value is -2.95. The maximum absolute atomic E-state index is 13.4. The van der Waals surface area contributed by atoms with Gasteiger partial charge in [-0.2, -0.15) is 13.2 Å². The summed E-state index contributed by atoms with van der Waals surface area (Å²) in [6.45, 7) is 4.30. The van der Waals surface area contributed by atoms with Gasteiger partial charge in [-0.15, -0.1) is 0 Å². The summed E-state index contributed by atoms with van der Waals surface area (Å²) in [5.41, 5.74) is -0.201. The lowest BCUT2D eigenvalue weighted by Gasteiger charge is -2.40. The van der Waals surface area contributed by atoms with Gasteiger partial charge in [-0.25, -0.2) is 0 Å². The molecular weight excluding hydrogens is 461 g/mol. The fourth-order valence-electron chi connectivity index (χ4n) is 4.51. The molecule has 2 aromatic carbocycles. The Kier molecular flexibility index (Phi) is 8.04. The van der Waals surface area contributed by atoms with Crippen LogP contribution in [0.25, 0.3) is 0 Å². The molecule has 35 heavy (non-hydrogen) atoms. The second-order valence-corrected chi connectivity index (χ2v) is 8.65. The molecule has 2 aliphatic heterocycles. The molecule has 188 valence electrons. The van der Waals surface area contributed by atoms with E-state index in [1.165, 1.54) is 18.2 Å². The number of carbonyl (C=O) groups excluding carboxylic acids is 2. The number of rotatable bonds is 6. The van der Waals surface area contributed by atoms with E-state index >= 15 is 0 Å². The van der Waals surface area contributed by atoms with Crippen molar-refractivity contribution in [3.63, 3.8) is 0 Å². The minimum atomic E-state index is -4.55. The number of nitrogens with one attached hydrogen (secondary N) is 1. The van der Waals surface area contributed by atoms with Crippen molar-refractivity contribution in [3.05, 3.63) is 65.7 Å². The number of amides is 2. The van der Waals surface area contributed by atoms with Crippen molar-refractivity contribution >= 4 is 17.5 Å². The highest BCUT2D eigenvalue weighted by Gasteiger charge is 2.35. The molecule has 0 bridgehead atoms. The number of alkyl halides is 3. The number of hydrogen-bond donors (Lipinski definition) is 1. The Morgan fingerprint density at radius 3 is 2.17 bits per heavy atom. The van der Waals surface area contributed by atoms with Crippen LogP contribution in [-0.2, 0) is 20.5 Å². The molecule has 0 aromatic heterocycles. The first-order valence-corrected chi connectivity index (χ1v) is 11.7. The van der Waals surface area contributed by atoms with Crippen LogP contribution in [0.3, 0.4) is 0 Å². The van der Waals surface area contributed by atoms with E-state index in [1.807, 2.05) is 40.1 Å². The van der Waals surface area contributed by atoms with Crippen LogP contribution in [0.5, 0.6) is 0 Å². The lowest BCUT2D eigenvalue weighted by atomic mass is 10.0. The molecule has 0 aliphatic carbocycles. The number of morpholine rings is 1. The summed E-state index contributed by atoms with van der Waals surface area (Å²) in [5, 5.41) is 2.40. The molecular formula is C25H29F3N4O3. The van der Waals surface area contributed by atoms with Crippen molar-refractivity contribution in [3.8, 4) is 0 Å². The van der Waals surface area contributed by atoms with Crippen LogP contribution in [0.1, 0.15) is 17.2 Å². The number of halogens is 3. The first kappa shape index (κ1) is 25.2. The fraction of sp³-hybridized carbons (Fsp3) is 0.440. The van der Waals surface area contributed by atoms with E-state index in [0.717, 1.165) is 11.6 Å². The SMILES string of the molecule is O=C(CN1CCN([C@@H](C(=O)N2CCOCC2)c2ccccc2)CC1)Nc1ccccc1C(F)(F)F. The first-order valence-electron chi connectivity index (χ1n) is 11.7. The average Bonchev–Trinajstić information content (AvgIpc) is 2.86. The van der Waals surface area contributed by atoms with Crippen molar-refractivity contribution in [1.29, 1.82) is 0 Å². The van der Waals surface area contributed by atoms with Crippen LogP contribution in [-0.4, -0.2) is 85.5 Å². The maximum Gasteiger partial charge on any atom is 0.418 e. The van der Waals surface area contributed by atoms with Gasteiger partial charge in [0.25, 0.3) is 0 Å². The molecule has 1 atom stereocenters. The topological polar surface area (TPSA) is 65.1 Å². The largest absolute Gasteiger partial charge is 0.418 e. The predicted octanol–water partition coefficient (Wildman–Crippen LogP) is 2.86. The summed E-state index contributed by atoms with van der Waals surface area (Å²) < 4.78 is 45.0. The number of ether oxygens (including phenoxy) is 1. The molecule has 7 nitrogen and oxygen atoms in total. The molecule has 0 radical (unpaired) electrons. The Labute approximate surface area is 202 Å². The van der Waals surface area contributed by atoms with Gasteiger partial charge < -0.3 is 15.0 Å². The third-order valence-corrected chi connectivity index (χ3v) is 6.32. The quantitative estimate of drug-likeness (QED) is 0.675. The van der Waals surface area contributed by atoms with Gasteiger partial charge in [0.15, 0.2) is 0 Å². The summed E-state index contributed by atoms with van der Waals surface area (Å²) in [7, 11) is 0. The van der Waals surface area contributed by atoms with E-state index in [9.17, 15) is 22.8 Å². The van der Waals surface area contributed by atoms with Crippen molar-refractivity contribution in [2.24, 2.45) is 0 Å². The number of benzene rings is 2. The van der Waals surface area contributed by atoms with Crippen LogP contribution in [0.4, 0.5) is 18.9 Å². The molecule has 10 heteroatoms. The maximum atomic E-state index is 13.4. The summed E-state index contributed by atoms with van der Waals surface area (Å²) >= 11 is 0. The molecule has 0 saturated carbocycles. The second-order valence-electron chi connectivity index (χ2n) is 8.65. The van der Waals surface area contributed by atoms with E-state index in [-0.39, 0.29) is 18.1 Å².